The van der Waals surface area contributed by atoms with Crippen molar-refractivity contribution >= 4 is 5.97 Å². The third-order valence-corrected chi connectivity index (χ3v) is 15.6. The summed E-state index contributed by atoms with van der Waals surface area (Å²) in [6, 6.07) is 0. The molecule has 1 unspecified atom stereocenters. The summed E-state index contributed by atoms with van der Waals surface area (Å²) in [4.78, 5) is 13.0. The number of fused-ring (bicyclic) bond motifs is 7. The number of carbonyl (C=O) groups is 1. The van der Waals surface area contributed by atoms with Crippen LogP contribution in [0.4, 0.5) is 0 Å². The van der Waals surface area contributed by atoms with Crippen LogP contribution >= 0.6 is 0 Å². The number of rotatable bonds is 5. The minimum Gasteiger partial charge on any atom is -0.481 e. The molecule has 16 atom stereocenters. The molecule has 0 aromatic rings. The molecule has 0 amide bonds. The molecule has 0 spiro atoms. The van der Waals surface area contributed by atoms with Crippen LogP contribution in [0.15, 0.2) is 11.6 Å². The summed E-state index contributed by atoms with van der Waals surface area (Å²) in [5.41, 5.74) is -0.127. The molecular weight excluding hydrogens is 576 g/mol. The van der Waals surface area contributed by atoms with E-state index in [-0.39, 0.29) is 34.7 Å². The van der Waals surface area contributed by atoms with Gasteiger partial charge >= 0.3 is 5.97 Å². The maximum atomic E-state index is 13.0. The minimum atomic E-state index is -1.51. The average molecular weight is 635 g/mol. The number of allylic oxidation sites excluding steroid dienone is 2. The zero-order valence-corrected chi connectivity index (χ0v) is 28.1. The summed E-state index contributed by atoms with van der Waals surface area (Å²) in [5.74, 6) is 0.741. The van der Waals surface area contributed by atoms with Crippen molar-refractivity contribution in [1.82, 2.24) is 0 Å². The molecule has 45 heavy (non-hydrogen) atoms. The van der Waals surface area contributed by atoms with Crippen molar-refractivity contribution in [2.24, 2.45) is 56.7 Å². The first-order valence-electron chi connectivity index (χ1n) is 17.6. The molecule has 0 radical (unpaired) electrons. The lowest BCUT2D eigenvalue weighted by molar-refractivity contribution is -0.333. The highest BCUT2D eigenvalue weighted by Gasteiger charge is 2.70. The molecule has 6 aliphatic rings. The number of ether oxygens (including phenoxy) is 2. The summed E-state index contributed by atoms with van der Waals surface area (Å²) in [6.07, 6.45) is 2.91. The second-order valence-corrected chi connectivity index (χ2v) is 17.1. The van der Waals surface area contributed by atoms with Gasteiger partial charge in [-0.2, -0.15) is 0 Å². The van der Waals surface area contributed by atoms with Gasteiger partial charge in [0.15, 0.2) is 6.29 Å². The predicted molar refractivity (Wildman–Crippen MR) is 167 cm³/mol. The fourth-order valence-corrected chi connectivity index (χ4v) is 12.4. The third kappa shape index (κ3) is 4.46. The molecule has 9 nitrogen and oxygen atoms in total. The SMILES string of the molecule is C[C@H]1[C@H](C)CC[C@]2(C(=O)O)CC[C@]3(C)C(=CC[C@@H]4[C@@]5(C)CC[C@H](O[C@@H]6O[C@H](CO)[C@@H](O)[C@H](O)[C@H]6O)[C@@](C)(CO)C5CC[C@]43C)[C@H]12. The maximum Gasteiger partial charge on any atom is 0.310 e. The van der Waals surface area contributed by atoms with Crippen molar-refractivity contribution in [2.45, 2.75) is 136 Å². The van der Waals surface area contributed by atoms with Gasteiger partial charge in [0, 0.05) is 5.41 Å². The topological polar surface area (TPSA) is 157 Å². The molecule has 1 heterocycles. The van der Waals surface area contributed by atoms with Crippen LogP contribution in [0.2, 0.25) is 0 Å². The van der Waals surface area contributed by atoms with Gasteiger partial charge in [-0.25, -0.2) is 0 Å². The molecule has 0 bridgehead atoms. The zero-order chi connectivity index (χ0) is 32.9. The van der Waals surface area contributed by atoms with Crippen molar-refractivity contribution in [3.63, 3.8) is 0 Å². The Hall–Kier alpha value is -1.07. The number of hydrogen-bond donors (Lipinski definition) is 6. The first kappa shape index (κ1) is 33.8. The Bertz CT molecular complexity index is 1190. The first-order chi connectivity index (χ1) is 21.1. The second-order valence-electron chi connectivity index (χ2n) is 17.1. The van der Waals surface area contributed by atoms with Gasteiger partial charge < -0.3 is 40.1 Å². The molecule has 0 aromatic carbocycles. The molecule has 6 N–H and O–H groups in total. The van der Waals surface area contributed by atoms with E-state index < -0.39 is 60.2 Å². The van der Waals surface area contributed by atoms with Crippen molar-refractivity contribution in [3.8, 4) is 0 Å². The van der Waals surface area contributed by atoms with Crippen LogP contribution in [0, 0.1) is 56.7 Å². The minimum absolute atomic E-state index is 0.0191. The van der Waals surface area contributed by atoms with E-state index in [1.165, 1.54) is 5.57 Å². The van der Waals surface area contributed by atoms with Crippen LogP contribution in [0.5, 0.6) is 0 Å². The number of aliphatic hydroxyl groups is 5. The van der Waals surface area contributed by atoms with E-state index in [1.807, 2.05) is 0 Å². The monoisotopic (exact) mass is 634 g/mol. The average Bonchev–Trinajstić information content (AvgIpc) is 3.00. The first-order valence-corrected chi connectivity index (χ1v) is 17.6. The van der Waals surface area contributed by atoms with Crippen molar-refractivity contribution < 1.29 is 44.9 Å². The lowest BCUT2D eigenvalue weighted by Crippen LogP contribution is -2.67. The Labute approximate surface area is 268 Å². The lowest BCUT2D eigenvalue weighted by atomic mass is 9.33. The number of carboxylic acid groups (broad SMARTS) is 1. The van der Waals surface area contributed by atoms with Gasteiger partial charge in [0.25, 0.3) is 0 Å². The summed E-state index contributed by atoms with van der Waals surface area (Å²) in [5, 5.41) is 62.8. The smallest absolute Gasteiger partial charge is 0.310 e. The molecule has 1 aliphatic heterocycles. The Kier molecular flexibility index (Phi) is 8.45. The number of hydrogen-bond acceptors (Lipinski definition) is 8. The fraction of sp³-hybridized carbons (Fsp3) is 0.917. The lowest BCUT2D eigenvalue weighted by Gasteiger charge is -2.71. The van der Waals surface area contributed by atoms with E-state index in [4.69, 9.17) is 9.47 Å². The van der Waals surface area contributed by atoms with E-state index in [9.17, 15) is 35.4 Å². The highest BCUT2D eigenvalue weighted by Crippen LogP contribution is 2.76. The molecule has 9 heteroatoms. The molecule has 5 fully saturated rings. The van der Waals surface area contributed by atoms with E-state index in [0.29, 0.717) is 24.2 Å². The van der Waals surface area contributed by atoms with Gasteiger partial charge in [0.1, 0.15) is 24.4 Å². The number of carboxylic acids is 1. The second kappa shape index (κ2) is 11.2. The summed E-state index contributed by atoms with van der Waals surface area (Å²) in [7, 11) is 0. The fourth-order valence-electron chi connectivity index (χ4n) is 12.4. The Morgan fingerprint density at radius 3 is 2.27 bits per heavy atom. The van der Waals surface area contributed by atoms with Gasteiger partial charge in [-0.15, -0.1) is 0 Å². The van der Waals surface area contributed by atoms with Gasteiger partial charge in [-0.05, 0) is 104 Å². The van der Waals surface area contributed by atoms with E-state index in [2.05, 4.69) is 47.6 Å². The highest BCUT2D eigenvalue weighted by atomic mass is 16.7. The van der Waals surface area contributed by atoms with Crippen LogP contribution in [-0.4, -0.2) is 86.6 Å². The van der Waals surface area contributed by atoms with Crippen LogP contribution in [0.1, 0.15) is 99.3 Å². The van der Waals surface area contributed by atoms with Crippen molar-refractivity contribution in [3.05, 3.63) is 11.6 Å². The van der Waals surface area contributed by atoms with Gasteiger partial charge in [-0.3, -0.25) is 4.79 Å². The van der Waals surface area contributed by atoms with E-state index in [0.717, 1.165) is 51.4 Å². The maximum absolute atomic E-state index is 13.0. The zero-order valence-electron chi connectivity index (χ0n) is 28.1. The Balaban J connectivity index is 1.32. The molecule has 5 aliphatic carbocycles. The number of aliphatic hydroxyl groups excluding tert-OH is 5. The largest absolute Gasteiger partial charge is 0.481 e. The number of aliphatic carboxylic acids is 1. The Morgan fingerprint density at radius 2 is 1.62 bits per heavy atom. The van der Waals surface area contributed by atoms with Crippen molar-refractivity contribution in [2.75, 3.05) is 13.2 Å². The molecule has 0 aromatic heterocycles. The summed E-state index contributed by atoms with van der Waals surface area (Å²) in [6.45, 7) is 13.3. The standard InChI is InChI=1S/C36H58O9/c1-19-9-14-36(31(42)43)16-15-34(5)21(26(36)20(19)2)7-8-24-32(3)12-11-25(33(4,18-38)23(32)10-13-35(24,34)6)45-30-29(41)28(40)27(39)22(17-37)44-30/h7,19-20,22-30,37-41H,8-18H2,1-6H3,(H,42,43)/t19-,20+,22-,23?,24-,25+,26+,27-,28+,29-,30+,32+,33+,34-,35-,36+/m1/s1. The third-order valence-electron chi connectivity index (χ3n) is 15.6. The molecule has 256 valence electrons. The quantitative estimate of drug-likeness (QED) is 0.195. The van der Waals surface area contributed by atoms with E-state index >= 15 is 0 Å². The molecule has 6 rings (SSSR count). The normalized spacial score (nSPS) is 56.2. The van der Waals surface area contributed by atoms with Gasteiger partial charge in [0.05, 0.1) is 24.7 Å². The van der Waals surface area contributed by atoms with Crippen LogP contribution in [0.3, 0.4) is 0 Å². The van der Waals surface area contributed by atoms with Crippen molar-refractivity contribution in [1.29, 1.82) is 0 Å². The van der Waals surface area contributed by atoms with Crippen LogP contribution in [-0.2, 0) is 14.3 Å². The Morgan fingerprint density at radius 1 is 0.911 bits per heavy atom. The predicted octanol–water partition coefficient (Wildman–Crippen LogP) is 3.89. The molecule has 4 saturated carbocycles. The summed E-state index contributed by atoms with van der Waals surface area (Å²) < 4.78 is 12.1. The van der Waals surface area contributed by atoms with Crippen LogP contribution < -0.4 is 0 Å². The van der Waals surface area contributed by atoms with E-state index in [1.54, 1.807) is 0 Å². The van der Waals surface area contributed by atoms with Gasteiger partial charge in [-0.1, -0.05) is 53.2 Å². The van der Waals surface area contributed by atoms with Gasteiger partial charge in [0.2, 0.25) is 0 Å². The van der Waals surface area contributed by atoms with Crippen LogP contribution in [0.25, 0.3) is 0 Å². The highest BCUT2D eigenvalue weighted by molar-refractivity contribution is 5.76. The molecule has 1 saturated heterocycles. The summed E-state index contributed by atoms with van der Waals surface area (Å²) >= 11 is 0. The molecular formula is C36H58O9.